The second-order valence-corrected chi connectivity index (χ2v) is 6.68. The van der Waals surface area contributed by atoms with Gasteiger partial charge in [-0.15, -0.1) is 0 Å². The van der Waals surface area contributed by atoms with Gasteiger partial charge in [0, 0.05) is 28.2 Å². The molecule has 1 aliphatic rings. The van der Waals surface area contributed by atoms with Crippen molar-refractivity contribution in [2.45, 2.75) is 19.9 Å². The number of nitrogens with zero attached hydrogens (tertiary/aromatic N) is 2. The molecular formula is C12H14Br2N2O2. The smallest absolute Gasteiger partial charge is 0.310 e. The standard InChI is InChI=1S/C12H14Br2N2O2/c1-12(11(17)18)2-3-16(7-12)6-10-9(14)4-8(13)5-15-10/h4-5H,2-3,6-7H2,1H3,(H,17,18). The van der Waals surface area contributed by atoms with Gasteiger partial charge in [-0.1, -0.05) is 0 Å². The fourth-order valence-corrected chi connectivity index (χ4v) is 3.25. The molecule has 4 nitrogen and oxygen atoms in total. The van der Waals surface area contributed by atoms with E-state index in [1.807, 2.05) is 6.07 Å². The fraction of sp³-hybridized carbons (Fsp3) is 0.500. The maximum absolute atomic E-state index is 11.2. The quantitative estimate of drug-likeness (QED) is 0.879. The Kier molecular flexibility index (Phi) is 4.08. The highest BCUT2D eigenvalue weighted by molar-refractivity contribution is 9.11. The van der Waals surface area contributed by atoms with Crippen LogP contribution in [-0.4, -0.2) is 34.0 Å². The Balaban J connectivity index is 2.06. The summed E-state index contributed by atoms with van der Waals surface area (Å²) in [4.78, 5) is 17.7. The zero-order valence-electron chi connectivity index (χ0n) is 9.99. The second-order valence-electron chi connectivity index (χ2n) is 4.91. The number of hydrogen-bond donors (Lipinski definition) is 1. The van der Waals surface area contributed by atoms with Gasteiger partial charge in [0.25, 0.3) is 0 Å². The molecule has 1 fully saturated rings. The SMILES string of the molecule is CC1(C(=O)O)CCN(Cc2ncc(Br)cc2Br)C1. The number of carboxylic acid groups (broad SMARTS) is 1. The van der Waals surface area contributed by atoms with Crippen molar-refractivity contribution in [2.75, 3.05) is 13.1 Å². The molecule has 98 valence electrons. The summed E-state index contributed by atoms with van der Waals surface area (Å²) in [5.41, 5.74) is 0.315. The number of carbonyl (C=O) groups is 1. The number of pyridine rings is 1. The van der Waals surface area contributed by atoms with Crippen molar-refractivity contribution in [2.24, 2.45) is 5.41 Å². The van der Waals surface area contributed by atoms with Crippen molar-refractivity contribution in [3.8, 4) is 0 Å². The maximum Gasteiger partial charge on any atom is 0.310 e. The first kappa shape index (κ1) is 14.0. The number of hydrogen-bond acceptors (Lipinski definition) is 3. The molecule has 1 saturated heterocycles. The summed E-state index contributed by atoms with van der Waals surface area (Å²) in [6.07, 6.45) is 2.45. The summed E-state index contributed by atoms with van der Waals surface area (Å²) in [5.74, 6) is -0.715. The Labute approximate surface area is 123 Å². The number of carboxylic acids is 1. The van der Waals surface area contributed by atoms with E-state index < -0.39 is 11.4 Å². The van der Waals surface area contributed by atoms with E-state index in [2.05, 4.69) is 41.7 Å². The molecule has 1 aromatic heterocycles. The van der Waals surface area contributed by atoms with E-state index in [-0.39, 0.29) is 0 Å². The average molecular weight is 378 g/mol. The van der Waals surface area contributed by atoms with Gasteiger partial charge in [-0.05, 0) is 57.8 Å². The molecular weight excluding hydrogens is 364 g/mol. The average Bonchev–Trinajstić information content (AvgIpc) is 2.66. The van der Waals surface area contributed by atoms with Crippen LogP contribution in [0.25, 0.3) is 0 Å². The van der Waals surface area contributed by atoms with Crippen molar-refractivity contribution in [1.29, 1.82) is 0 Å². The highest BCUT2D eigenvalue weighted by Crippen LogP contribution is 2.31. The van der Waals surface area contributed by atoms with Gasteiger partial charge in [0.1, 0.15) is 0 Å². The minimum atomic E-state index is -0.715. The van der Waals surface area contributed by atoms with Gasteiger partial charge in [-0.25, -0.2) is 0 Å². The molecule has 0 radical (unpaired) electrons. The first-order valence-corrected chi connectivity index (χ1v) is 7.25. The highest BCUT2D eigenvalue weighted by Gasteiger charge is 2.40. The van der Waals surface area contributed by atoms with Gasteiger partial charge in [0.05, 0.1) is 11.1 Å². The first-order valence-electron chi connectivity index (χ1n) is 5.66. The Hall–Kier alpha value is -0.460. The van der Waals surface area contributed by atoms with Crippen LogP contribution >= 0.6 is 31.9 Å². The third-order valence-corrected chi connectivity index (χ3v) is 4.45. The molecule has 6 heteroatoms. The van der Waals surface area contributed by atoms with Gasteiger partial charge >= 0.3 is 5.97 Å². The van der Waals surface area contributed by atoms with Crippen LogP contribution < -0.4 is 0 Å². The molecule has 0 bridgehead atoms. The molecule has 0 saturated carbocycles. The Morgan fingerprint density at radius 2 is 2.33 bits per heavy atom. The molecule has 1 atom stereocenters. The lowest BCUT2D eigenvalue weighted by Crippen LogP contribution is -2.31. The first-order chi connectivity index (χ1) is 8.40. The molecule has 1 unspecified atom stereocenters. The topological polar surface area (TPSA) is 53.4 Å². The van der Waals surface area contributed by atoms with Gasteiger partial charge in [0.15, 0.2) is 0 Å². The van der Waals surface area contributed by atoms with Crippen LogP contribution in [0, 0.1) is 5.41 Å². The monoisotopic (exact) mass is 376 g/mol. The van der Waals surface area contributed by atoms with Crippen LogP contribution in [0.4, 0.5) is 0 Å². The molecule has 1 aromatic rings. The van der Waals surface area contributed by atoms with Crippen LogP contribution in [-0.2, 0) is 11.3 Å². The Morgan fingerprint density at radius 1 is 1.61 bits per heavy atom. The molecule has 2 heterocycles. The van der Waals surface area contributed by atoms with E-state index >= 15 is 0 Å². The number of rotatable bonds is 3. The van der Waals surface area contributed by atoms with Crippen LogP contribution in [0.3, 0.4) is 0 Å². The summed E-state index contributed by atoms with van der Waals surface area (Å²) < 4.78 is 1.87. The predicted octanol–water partition coefficient (Wildman–Crippen LogP) is 2.90. The van der Waals surface area contributed by atoms with E-state index in [9.17, 15) is 9.90 Å². The van der Waals surface area contributed by atoms with E-state index in [1.54, 1.807) is 13.1 Å². The lowest BCUT2D eigenvalue weighted by molar-refractivity contribution is -0.147. The number of likely N-dealkylation sites (tertiary alicyclic amines) is 1. The number of aromatic nitrogens is 1. The van der Waals surface area contributed by atoms with Crippen molar-refractivity contribution < 1.29 is 9.90 Å². The Bertz CT molecular complexity index is 481. The van der Waals surface area contributed by atoms with E-state index in [0.29, 0.717) is 19.5 Å². The molecule has 0 amide bonds. The molecule has 0 spiro atoms. The molecule has 0 aromatic carbocycles. The molecule has 18 heavy (non-hydrogen) atoms. The summed E-state index contributed by atoms with van der Waals surface area (Å²) in [5, 5.41) is 9.19. The van der Waals surface area contributed by atoms with Crippen molar-refractivity contribution >= 4 is 37.8 Å². The summed E-state index contributed by atoms with van der Waals surface area (Å²) >= 11 is 6.84. The van der Waals surface area contributed by atoms with Crippen molar-refractivity contribution in [3.05, 3.63) is 26.9 Å². The predicted molar refractivity (Wildman–Crippen MR) is 75.3 cm³/mol. The van der Waals surface area contributed by atoms with Gasteiger partial charge in [0.2, 0.25) is 0 Å². The fourth-order valence-electron chi connectivity index (χ4n) is 2.14. The van der Waals surface area contributed by atoms with Gasteiger partial charge < -0.3 is 5.11 Å². The number of halogens is 2. The largest absolute Gasteiger partial charge is 0.481 e. The molecule has 1 N–H and O–H groups in total. The molecule has 2 rings (SSSR count). The third kappa shape index (κ3) is 2.92. The lowest BCUT2D eigenvalue weighted by Gasteiger charge is -2.20. The Morgan fingerprint density at radius 3 is 2.89 bits per heavy atom. The minimum Gasteiger partial charge on any atom is -0.481 e. The van der Waals surface area contributed by atoms with Crippen LogP contribution in [0.5, 0.6) is 0 Å². The normalized spacial score (nSPS) is 24.4. The van der Waals surface area contributed by atoms with E-state index in [1.165, 1.54) is 0 Å². The second kappa shape index (κ2) is 5.27. The summed E-state index contributed by atoms with van der Waals surface area (Å²) in [7, 11) is 0. The number of aliphatic carboxylic acids is 1. The van der Waals surface area contributed by atoms with Crippen molar-refractivity contribution in [3.63, 3.8) is 0 Å². The zero-order chi connectivity index (χ0) is 13.3. The van der Waals surface area contributed by atoms with Gasteiger partial charge in [-0.2, -0.15) is 0 Å². The van der Waals surface area contributed by atoms with Crippen LogP contribution in [0.2, 0.25) is 0 Å². The van der Waals surface area contributed by atoms with E-state index in [4.69, 9.17) is 0 Å². The zero-order valence-corrected chi connectivity index (χ0v) is 13.2. The lowest BCUT2D eigenvalue weighted by atomic mass is 9.90. The summed E-state index contributed by atoms with van der Waals surface area (Å²) in [6.45, 7) is 3.86. The maximum atomic E-state index is 11.2. The molecule has 0 aliphatic carbocycles. The molecule has 1 aliphatic heterocycles. The third-order valence-electron chi connectivity index (χ3n) is 3.33. The van der Waals surface area contributed by atoms with Gasteiger partial charge in [-0.3, -0.25) is 14.7 Å². The minimum absolute atomic E-state index is 0.576. The van der Waals surface area contributed by atoms with E-state index in [0.717, 1.165) is 21.2 Å². The summed E-state index contributed by atoms with van der Waals surface area (Å²) in [6, 6.07) is 1.95. The van der Waals surface area contributed by atoms with Crippen LogP contribution in [0.15, 0.2) is 21.2 Å². The van der Waals surface area contributed by atoms with Crippen molar-refractivity contribution in [1.82, 2.24) is 9.88 Å². The van der Waals surface area contributed by atoms with Crippen LogP contribution in [0.1, 0.15) is 19.0 Å². The highest BCUT2D eigenvalue weighted by atomic mass is 79.9.